The molecular weight excluding hydrogens is 274 g/mol. The molecule has 20 heavy (non-hydrogen) atoms. The monoisotopic (exact) mass is 289 g/mol. The van der Waals surface area contributed by atoms with Gasteiger partial charge in [-0.3, -0.25) is 0 Å². The molecule has 1 aliphatic carbocycles. The number of anilines is 1. The van der Waals surface area contributed by atoms with Crippen molar-refractivity contribution in [2.24, 2.45) is 0 Å². The summed E-state index contributed by atoms with van der Waals surface area (Å²) in [7, 11) is 1.63. The number of benzene rings is 1. The Morgan fingerprint density at radius 1 is 1.30 bits per heavy atom. The Morgan fingerprint density at radius 3 is 2.70 bits per heavy atom. The highest BCUT2D eigenvalue weighted by molar-refractivity contribution is 6.31. The van der Waals surface area contributed by atoms with Crippen LogP contribution in [0, 0.1) is 6.92 Å². The average molecular weight is 290 g/mol. The minimum absolute atomic E-state index is 0.446. The maximum absolute atomic E-state index is 6.10. The lowest BCUT2D eigenvalue weighted by molar-refractivity contribution is 0.416. The number of rotatable bonds is 3. The molecule has 3 rings (SSSR count). The molecule has 5 heteroatoms. The number of hydrogen-bond donors (Lipinski definition) is 1. The van der Waals surface area contributed by atoms with E-state index in [1.165, 1.54) is 0 Å². The van der Waals surface area contributed by atoms with Crippen LogP contribution in [0.5, 0.6) is 5.75 Å². The van der Waals surface area contributed by atoms with Crippen LogP contribution in [-0.2, 0) is 0 Å². The normalized spacial score (nSPS) is 14.3. The summed E-state index contributed by atoms with van der Waals surface area (Å²) in [4.78, 5) is 9.08. The van der Waals surface area contributed by atoms with Crippen molar-refractivity contribution < 1.29 is 4.74 Å². The van der Waals surface area contributed by atoms with Crippen LogP contribution >= 0.6 is 11.6 Å². The van der Waals surface area contributed by atoms with Crippen molar-refractivity contribution in [1.29, 1.82) is 0 Å². The van der Waals surface area contributed by atoms with E-state index in [4.69, 9.17) is 22.1 Å². The first-order valence-corrected chi connectivity index (χ1v) is 6.96. The van der Waals surface area contributed by atoms with E-state index >= 15 is 0 Å². The largest absolute Gasteiger partial charge is 0.496 e. The maximum atomic E-state index is 6.10. The van der Waals surface area contributed by atoms with E-state index in [1.54, 1.807) is 13.2 Å². The zero-order valence-corrected chi connectivity index (χ0v) is 12.2. The first-order valence-electron chi connectivity index (χ1n) is 6.58. The number of nitrogens with zero attached hydrogens (tertiary/aromatic N) is 2. The zero-order valence-electron chi connectivity index (χ0n) is 11.5. The predicted octanol–water partition coefficient (Wildman–Crippen LogP) is 3.57. The fourth-order valence-electron chi connectivity index (χ4n) is 2.20. The Bertz CT molecular complexity index is 668. The number of methoxy groups -OCH3 is 1. The van der Waals surface area contributed by atoms with Crippen LogP contribution in [0.15, 0.2) is 18.2 Å². The van der Waals surface area contributed by atoms with E-state index in [1.807, 2.05) is 19.1 Å². The second kappa shape index (κ2) is 4.94. The van der Waals surface area contributed by atoms with Crippen molar-refractivity contribution in [1.82, 2.24) is 9.97 Å². The molecule has 2 aromatic rings. The third kappa shape index (κ3) is 2.31. The average Bonchev–Trinajstić information content (AvgIpc) is 3.26. The van der Waals surface area contributed by atoms with Crippen molar-refractivity contribution in [3.63, 3.8) is 0 Å². The van der Waals surface area contributed by atoms with Gasteiger partial charge in [0, 0.05) is 22.1 Å². The lowest BCUT2D eigenvalue weighted by Gasteiger charge is -2.13. The molecule has 104 valence electrons. The number of hydrogen-bond acceptors (Lipinski definition) is 4. The van der Waals surface area contributed by atoms with Crippen molar-refractivity contribution in [3.8, 4) is 17.0 Å². The summed E-state index contributed by atoms with van der Waals surface area (Å²) in [6.07, 6.45) is 2.27. The molecule has 1 aromatic heterocycles. The molecule has 1 heterocycles. The summed E-state index contributed by atoms with van der Waals surface area (Å²) in [5.74, 6) is 2.53. The highest BCUT2D eigenvalue weighted by Gasteiger charge is 2.28. The van der Waals surface area contributed by atoms with Gasteiger partial charge in [0.1, 0.15) is 17.4 Å². The van der Waals surface area contributed by atoms with Gasteiger partial charge in [-0.05, 0) is 38.0 Å². The van der Waals surface area contributed by atoms with Crippen LogP contribution in [0.1, 0.15) is 30.1 Å². The van der Waals surface area contributed by atoms with E-state index in [9.17, 15) is 0 Å². The topological polar surface area (TPSA) is 61.0 Å². The first-order chi connectivity index (χ1) is 9.60. The summed E-state index contributed by atoms with van der Waals surface area (Å²) in [5.41, 5.74) is 8.54. The highest BCUT2D eigenvalue weighted by Crippen LogP contribution is 2.41. The van der Waals surface area contributed by atoms with Gasteiger partial charge in [0.2, 0.25) is 0 Å². The second-order valence-electron chi connectivity index (χ2n) is 5.06. The number of ether oxygens (including phenoxy) is 1. The summed E-state index contributed by atoms with van der Waals surface area (Å²) < 4.78 is 5.41. The number of nitrogen functional groups attached to an aromatic ring is 1. The molecule has 1 aromatic carbocycles. The van der Waals surface area contributed by atoms with E-state index < -0.39 is 0 Å². The quantitative estimate of drug-likeness (QED) is 0.938. The molecule has 0 radical (unpaired) electrons. The summed E-state index contributed by atoms with van der Waals surface area (Å²) in [5, 5.41) is 0.644. The Kier molecular flexibility index (Phi) is 3.26. The van der Waals surface area contributed by atoms with Gasteiger partial charge in [-0.15, -0.1) is 0 Å². The van der Waals surface area contributed by atoms with Crippen LogP contribution in [0.2, 0.25) is 5.02 Å². The molecule has 2 N–H and O–H groups in total. The van der Waals surface area contributed by atoms with Gasteiger partial charge in [0.15, 0.2) is 0 Å². The smallest absolute Gasteiger partial charge is 0.134 e. The zero-order chi connectivity index (χ0) is 14.3. The molecule has 0 aliphatic heterocycles. The SMILES string of the molecule is COc1ccc(Cl)cc1-c1nc(C2CC2)nc(N)c1C. The fraction of sp³-hybridized carbons (Fsp3) is 0.333. The number of halogens is 1. The first kappa shape index (κ1) is 13.2. The Morgan fingerprint density at radius 2 is 2.05 bits per heavy atom. The van der Waals surface area contributed by atoms with Gasteiger partial charge in [0.25, 0.3) is 0 Å². The Labute approximate surface area is 123 Å². The molecule has 1 fully saturated rings. The lowest BCUT2D eigenvalue weighted by atomic mass is 10.1. The van der Waals surface area contributed by atoms with Crippen LogP contribution < -0.4 is 10.5 Å². The summed E-state index contributed by atoms with van der Waals surface area (Å²) >= 11 is 6.10. The van der Waals surface area contributed by atoms with Gasteiger partial charge in [-0.2, -0.15) is 0 Å². The van der Waals surface area contributed by atoms with E-state index in [2.05, 4.69) is 9.97 Å². The molecule has 0 atom stereocenters. The third-order valence-electron chi connectivity index (χ3n) is 3.56. The van der Waals surface area contributed by atoms with E-state index in [-0.39, 0.29) is 0 Å². The van der Waals surface area contributed by atoms with Crippen LogP contribution in [0.3, 0.4) is 0 Å². The predicted molar refractivity (Wildman–Crippen MR) is 80.2 cm³/mol. The third-order valence-corrected chi connectivity index (χ3v) is 3.80. The lowest BCUT2D eigenvalue weighted by Crippen LogP contribution is -2.04. The van der Waals surface area contributed by atoms with Crippen molar-refractivity contribution in [3.05, 3.63) is 34.6 Å². The maximum Gasteiger partial charge on any atom is 0.134 e. The van der Waals surface area contributed by atoms with E-state index in [0.717, 1.165) is 41.2 Å². The number of nitrogens with two attached hydrogens (primary N) is 1. The van der Waals surface area contributed by atoms with Gasteiger partial charge >= 0.3 is 0 Å². The van der Waals surface area contributed by atoms with Crippen molar-refractivity contribution in [2.45, 2.75) is 25.7 Å². The van der Waals surface area contributed by atoms with Crippen LogP contribution in [0.4, 0.5) is 5.82 Å². The molecule has 0 amide bonds. The molecule has 0 saturated heterocycles. The fourth-order valence-corrected chi connectivity index (χ4v) is 2.38. The van der Waals surface area contributed by atoms with Crippen LogP contribution in [-0.4, -0.2) is 17.1 Å². The molecule has 1 saturated carbocycles. The molecule has 0 unspecified atom stereocenters. The Hall–Kier alpha value is -1.81. The minimum Gasteiger partial charge on any atom is -0.496 e. The summed E-state index contributed by atoms with van der Waals surface area (Å²) in [6, 6.07) is 5.49. The van der Waals surface area contributed by atoms with Crippen molar-refractivity contribution >= 4 is 17.4 Å². The Balaban J connectivity index is 2.20. The van der Waals surface area contributed by atoms with E-state index in [0.29, 0.717) is 16.8 Å². The van der Waals surface area contributed by atoms with Gasteiger partial charge in [-0.1, -0.05) is 11.6 Å². The summed E-state index contributed by atoms with van der Waals surface area (Å²) in [6.45, 7) is 1.92. The molecule has 1 aliphatic rings. The molecule has 0 spiro atoms. The van der Waals surface area contributed by atoms with Gasteiger partial charge in [-0.25, -0.2) is 9.97 Å². The van der Waals surface area contributed by atoms with Gasteiger partial charge in [0.05, 0.1) is 12.8 Å². The van der Waals surface area contributed by atoms with Gasteiger partial charge < -0.3 is 10.5 Å². The second-order valence-corrected chi connectivity index (χ2v) is 5.50. The van der Waals surface area contributed by atoms with Crippen molar-refractivity contribution in [2.75, 3.05) is 12.8 Å². The molecule has 4 nitrogen and oxygen atoms in total. The number of aromatic nitrogens is 2. The minimum atomic E-state index is 0.446. The standard InChI is InChI=1S/C15H16ClN3O/c1-8-13(11-7-10(16)5-6-12(11)20-2)18-15(9-3-4-9)19-14(8)17/h5-7,9H,3-4H2,1-2H3,(H2,17,18,19). The molecule has 0 bridgehead atoms. The molecular formula is C15H16ClN3O. The van der Waals surface area contributed by atoms with Crippen LogP contribution in [0.25, 0.3) is 11.3 Å². The highest BCUT2D eigenvalue weighted by atomic mass is 35.5.